The van der Waals surface area contributed by atoms with E-state index in [1.165, 1.54) is 37.4 Å². The molecule has 308 valence electrons. The van der Waals surface area contributed by atoms with Crippen LogP contribution < -0.4 is 10.6 Å². The molecule has 3 N–H and O–H groups in total. The smallest absolute Gasteiger partial charge is 0.421 e. The normalized spacial score (nSPS) is 22.9. The topological polar surface area (TPSA) is 201 Å². The number of phenols is 1. The molecule has 0 radical (unpaired) electrons. The first-order chi connectivity index (χ1) is 29.0. The molecule has 2 fully saturated rings. The predicted octanol–water partition coefficient (Wildman–Crippen LogP) is 4.03. The Morgan fingerprint density at radius 3 is 2.05 bits per heavy atom. The van der Waals surface area contributed by atoms with Crippen molar-refractivity contribution >= 4 is 41.5 Å². The first-order valence-electron chi connectivity index (χ1n) is 18.9. The van der Waals surface area contributed by atoms with Crippen LogP contribution in [-0.4, -0.2) is 86.4 Å². The summed E-state index contributed by atoms with van der Waals surface area (Å²) in [6.07, 6.45) is -2.32. The fraction of sp³-hybridized carbons (Fsp3) is 0.289. The van der Waals surface area contributed by atoms with Gasteiger partial charge in [-0.15, -0.1) is 0 Å². The number of fused-ring (bicyclic) bond motifs is 3. The van der Waals surface area contributed by atoms with E-state index in [9.17, 15) is 29.1 Å². The van der Waals surface area contributed by atoms with E-state index in [2.05, 4.69) is 11.8 Å². The largest absolute Gasteiger partial charge is 0.508 e. The predicted molar refractivity (Wildman–Crippen MR) is 211 cm³/mol. The molecule has 3 heterocycles. The summed E-state index contributed by atoms with van der Waals surface area (Å²) in [7, 11) is 3.67. The van der Waals surface area contributed by atoms with Crippen molar-refractivity contribution in [1.29, 1.82) is 0 Å². The third-order valence-electron chi connectivity index (χ3n) is 11.2. The van der Waals surface area contributed by atoms with E-state index in [1.807, 2.05) is 48.5 Å². The molecule has 0 bridgehead atoms. The molecule has 60 heavy (non-hydrogen) atoms. The number of amides is 3. The first kappa shape index (κ1) is 41.2. The number of imide groups is 1. The minimum Gasteiger partial charge on any atom is -0.508 e. The number of carbonyl (C=O) groups excluding carboxylic acids is 6. The zero-order chi connectivity index (χ0) is 42.7. The quantitative estimate of drug-likeness (QED) is 0.0765. The van der Waals surface area contributed by atoms with E-state index < -0.39 is 77.3 Å². The third kappa shape index (κ3) is 6.99. The number of phenolic OH excluding ortho intramolecular Hbond substituents is 1. The van der Waals surface area contributed by atoms with Gasteiger partial charge in [0.2, 0.25) is 11.8 Å². The van der Waals surface area contributed by atoms with Gasteiger partial charge in [-0.2, -0.15) is 0 Å². The van der Waals surface area contributed by atoms with Crippen LogP contribution in [0.4, 0.5) is 10.5 Å². The van der Waals surface area contributed by atoms with Crippen LogP contribution in [0.2, 0.25) is 0 Å². The summed E-state index contributed by atoms with van der Waals surface area (Å²) in [5, 5.41) is 10.5. The lowest BCUT2D eigenvalue weighted by molar-refractivity contribution is -0.178. The third-order valence-corrected chi connectivity index (χ3v) is 11.2. The molecule has 0 aliphatic carbocycles. The summed E-state index contributed by atoms with van der Waals surface area (Å²) < 4.78 is 26.4. The van der Waals surface area contributed by atoms with Crippen molar-refractivity contribution in [3.8, 4) is 17.6 Å². The number of rotatable bonds is 10. The Morgan fingerprint density at radius 1 is 0.817 bits per heavy atom. The van der Waals surface area contributed by atoms with Gasteiger partial charge in [0.05, 0.1) is 44.5 Å². The first-order valence-corrected chi connectivity index (χ1v) is 18.9. The van der Waals surface area contributed by atoms with Crippen molar-refractivity contribution in [1.82, 2.24) is 4.90 Å². The van der Waals surface area contributed by atoms with Crippen LogP contribution in [0.3, 0.4) is 0 Å². The molecule has 3 aliphatic heterocycles. The second kappa shape index (κ2) is 17.1. The van der Waals surface area contributed by atoms with Crippen molar-refractivity contribution in [2.75, 3.05) is 39.4 Å². The molecule has 3 amide bonds. The molecular formula is C45H41N3O12. The lowest BCUT2D eigenvalue weighted by Gasteiger charge is -2.46. The molecule has 4 aromatic rings. The Labute approximate surface area is 344 Å². The minimum absolute atomic E-state index is 0.0137. The van der Waals surface area contributed by atoms with Gasteiger partial charge >= 0.3 is 24.0 Å². The van der Waals surface area contributed by atoms with E-state index in [0.29, 0.717) is 16.7 Å². The zero-order valence-corrected chi connectivity index (χ0v) is 32.8. The molecule has 6 atom stereocenters. The van der Waals surface area contributed by atoms with Crippen LogP contribution in [0.15, 0.2) is 103 Å². The number of ether oxygens (including phenoxy) is 5. The number of morpholine rings is 1. The Morgan fingerprint density at radius 2 is 1.45 bits per heavy atom. The Kier molecular flexibility index (Phi) is 11.7. The maximum Gasteiger partial charge on any atom is 0.421 e. The van der Waals surface area contributed by atoms with Crippen LogP contribution >= 0.6 is 0 Å². The summed E-state index contributed by atoms with van der Waals surface area (Å²) in [6.45, 7) is -0.205. The van der Waals surface area contributed by atoms with E-state index in [4.69, 9.17) is 29.4 Å². The molecule has 0 aromatic heterocycles. The lowest BCUT2D eigenvalue weighted by atomic mass is 9.65. The molecule has 1 spiro atoms. The van der Waals surface area contributed by atoms with Gasteiger partial charge in [-0.3, -0.25) is 28.9 Å². The molecule has 15 heteroatoms. The molecule has 3 aliphatic rings. The Balaban J connectivity index is 1.51. The molecule has 15 nitrogen and oxygen atoms in total. The summed E-state index contributed by atoms with van der Waals surface area (Å²) in [5.41, 5.74) is 6.34. The Bertz CT molecular complexity index is 2360. The molecular weight excluding hydrogens is 775 g/mol. The molecule has 7 rings (SSSR count). The number of cyclic esters (lactones) is 1. The van der Waals surface area contributed by atoms with Crippen LogP contribution in [0.25, 0.3) is 0 Å². The van der Waals surface area contributed by atoms with Gasteiger partial charge in [0.1, 0.15) is 29.9 Å². The van der Waals surface area contributed by atoms with Crippen molar-refractivity contribution in [2.45, 2.75) is 36.1 Å². The summed E-state index contributed by atoms with van der Waals surface area (Å²) in [4.78, 5) is 86.2. The highest BCUT2D eigenvalue weighted by Gasteiger charge is 2.75. The van der Waals surface area contributed by atoms with Gasteiger partial charge in [-0.05, 0) is 52.6 Å². The standard InChI is InChI=1S/C45H41N3O12/c1-56-23-24-59-44(55)47-33-22-17-26(11-10-16-31(40(51)57-2)41(52)58-3)25-32(33)45(43(47)54)34(39(46)50)36-42(53)60-37(28-14-8-5-9-15-28)35(27-12-6-4-7-13-27)48(36)38(45)29-18-20-30(49)21-19-29/h4-9,12-15,17-22,25,31,34-38,49H,16,23-24H2,1-3H3,(H2,46,50)/t34-,35-,36-,37+,38+,45-/m1/s1. The van der Waals surface area contributed by atoms with E-state index >= 15 is 4.79 Å². The second-order valence-corrected chi connectivity index (χ2v) is 14.3. The fourth-order valence-corrected chi connectivity index (χ4v) is 8.73. The molecule has 0 unspecified atom stereocenters. The number of benzene rings is 4. The van der Waals surface area contributed by atoms with Crippen molar-refractivity contribution < 1.29 is 57.6 Å². The number of nitrogens with two attached hydrogens (primary N) is 1. The number of nitrogens with zero attached hydrogens (tertiary/aromatic N) is 2. The monoisotopic (exact) mass is 815 g/mol. The highest BCUT2D eigenvalue weighted by molar-refractivity contribution is 6.23. The minimum atomic E-state index is -2.14. The number of aromatic hydroxyl groups is 1. The van der Waals surface area contributed by atoms with Gasteiger partial charge in [-0.1, -0.05) is 84.6 Å². The maximum atomic E-state index is 15.7. The van der Waals surface area contributed by atoms with Crippen molar-refractivity contribution in [3.63, 3.8) is 0 Å². The maximum absolute atomic E-state index is 15.7. The van der Waals surface area contributed by atoms with Crippen LogP contribution in [0.1, 0.15) is 52.4 Å². The average Bonchev–Trinajstić information content (AvgIpc) is 3.72. The Hall–Kier alpha value is -7.02. The van der Waals surface area contributed by atoms with Gasteiger partial charge < -0.3 is 34.5 Å². The number of anilines is 1. The van der Waals surface area contributed by atoms with Gasteiger partial charge in [-0.25, -0.2) is 9.69 Å². The SMILES string of the molecule is COCCOC(=O)N1C(=O)[C@@]2(c3cc(C#CCC(C(=O)OC)C(=O)OC)ccc31)[C@H](c1ccc(O)cc1)N1[C@H](c3ccccc3)[C@H](c3ccccc3)OC(=O)[C@H]1[C@@H]2C(N)=O. The van der Waals surface area contributed by atoms with Crippen molar-refractivity contribution in [2.24, 2.45) is 17.6 Å². The van der Waals surface area contributed by atoms with Crippen LogP contribution in [0, 0.1) is 23.7 Å². The molecule has 2 saturated heterocycles. The van der Waals surface area contributed by atoms with Gasteiger partial charge in [0.25, 0.3) is 0 Å². The van der Waals surface area contributed by atoms with E-state index in [-0.39, 0.29) is 42.2 Å². The van der Waals surface area contributed by atoms with E-state index in [1.54, 1.807) is 29.2 Å². The van der Waals surface area contributed by atoms with Gasteiger partial charge in [0, 0.05) is 19.1 Å². The number of esters is 3. The van der Waals surface area contributed by atoms with Crippen LogP contribution in [0.5, 0.6) is 5.75 Å². The number of hydrogen-bond donors (Lipinski definition) is 2. The average molecular weight is 816 g/mol. The lowest BCUT2D eigenvalue weighted by Crippen LogP contribution is -2.55. The molecule has 0 saturated carbocycles. The number of carbonyl (C=O) groups is 6. The van der Waals surface area contributed by atoms with Gasteiger partial charge in [0.15, 0.2) is 5.92 Å². The number of primary amides is 1. The van der Waals surface area contributed by atoms with Crippen molar-refractivity contribution in [3.05, 3.63) is 131 Å². The van der Waals surface area contributed by atoms with Crippen LogP contribution in [-0.2, 0) is 53.1 Å². The fourth-order valence-electron chi connectivity index (χ4n) is 8.73. The summed E-state index contributed by atoms with van der Waals surface area (Å²) >= 11 is 0. The zero-order valence-electron chi connectivity index (χ0n) is 32.8. The second-order valence-electron chi connectivity index (χ2n) is 14.3. The van der Waals surface area contributed by atoms with E-state index in [0.717, 1.165) is 19.1 Å². The highest BCUT2D eigenvalue weighted by atomic mass is 16.6. The molecule has 4 aromatic carbocycles. The summed E-state index contributed by atoms with van der Waals surface area (Å²) in [6, 6.07) is 25.2. The summed E-state index contributed by atoms with van der Waals surface area (Å²) in [5.74, 6) is -1.84. The number of methoxy groups -OCH3 is 3. The highest BCUT2D eigenvalue weighted by Crippen LogP contribution is 2.65. The number of hydrogen-bond acceptors (Lipinski definition) is 13.